The van der Waals surface area contributed by atoms with E-state index in [0.29, 0.717) is 11.6 Å². The topological polar surface area (TPSA) is 65.0 Å². The van der Waals surface area contributed by atoms with Crippen LogP contribution in [0.1, 0.15) is 18.2 Å². The second-order valence-corrected chi connectivity index (χ2v) is 11.2. The summed E-state index contributed by atoms with van der Waals surface area (Å²) in [5, 5.41) is 4.37. The monoisotopic (exact) mass is 567 g/mol. The third-order valence-corrected chi connectivity index (χ3v) is 8.46. The highest BCUT2D eigenvalue weighted by molar-refractivity contribution is 6.12. The zero-order valence-corrected chi connectivity index (χ0v) is 23.6. The third kappa shape index (κ3) is 4.05. The summed E-state index contributed by atoms with van der Waals surface area (Å²) in [6, 6.07) is 37.2. The molecule has 9 rings (SSSR count). The normalized spacial score (nSPS) is 14.8. The fraction of sp³-hybridized carbons (Fsp3) is 0.0513. The molecule has 8 aromatic rings. The standard InChI is InChI=1S/C39H25N3O2/c1-2-9-25(10-3-1)37-40-38(42-39(41-37)27-21-22-34-31(23-27)29-11-4-6-14-32(29)43-34)26-19-17-24(18-20-26)28-13-8-16-35-36(28)30-12-5-7-15-33(30)44-35/h1-9,11-23,25H,10H2. The molecule has 44 heavy (non-hydrogen) atoms. The van der Waals surface area contributed by atoms with E-state index in [4.69, 9.17) is 23.8 Å². The van der Waals surface area contributed by atoms with E-state index in [1.807, 2.05) is 54.6 Å². The SMILES string of the molecule is C1=CCC(c2nc(-c3ccc(-c4cccc5oc6ccccc6c45)cc3)nc(-c3ccc4oc5ccccc5c4c3)n2)C=C1. The van der Waals surface area contributed by atoms with Gasteiger partial charge in [0, 0.05) is 38.6 Å². The molecule has 5 nitrogen and oxygen atoms in total. The Morgan fingerprint density at radius 1 is 0.523 bits per heavy atom. The van der Waals surface area contributed by atoms with Crippen LogP contribution in [0.3, 0.4) is 0 Å². The Labute approximate surface area is 252 Å². The minimum atomic E-state index is 0.0882. The molecule has 0 fully saturated rings. The van der Waals surface area contributed by atoms with Crippen molar-refractivity contribution in [2.24, 2.45) is 0 Å². The van der Waals surface area contributed by atoms with Gasteiger partial charge in [0.15, 0.2) is 11.6 Å². The molecule has 208 valence electrons. The van der Waals surface area contributed by atoms with Crippen LogP contribution in [-0.2, 0) is 0 Å². The number of hydrogen-bond donors (Lipinski definition) is 0. The number of rotatable bonds is 4. The highest BCUT2D eigenvalue weighted by atomic mass is 16.3. The summed E-state index contributed by atoms with van der Waals surface area (Å²) in [6.45, 7) is 0. The van der Waals surface area contributed by atoms with Crippen LogP contribution >= 0.6 is 0 Å². The number of fused-ring (bicyclic) bond motifs is 6. The van der Waals surface area contributed by atoms with Crippen molar-refractivity contribution in [1.29, 1.82) is 0 Å². The van der Waals surface area contributed by atoms with Gasteiger partial charge in [0.05, 0.1) is 0 Å². The number of benzene rings is 5. The number of nitrogens with zero attached hydrogens (tertiary/aromatic N) is 3. The van der Waals surface area contributed by atoms with Gasteiger partial charge < -0.3 is 8.83 Å². The maximum absolute atomic E-state index is 6.14. The number of aromatic nitrogens is 3. The molecular weight excluding hydrogens is 542 g/mol. The van der Waals surface area contributed by atoms with Crippen molar-refractivity contribution in [3.63, 3.8) is 0 Å². The van der Waals surface area contributed by atoms with E-state index >= 15 is 0 Å². The van der Waals surface area contributed by atoms with Crippen molar-refractivity contribution in [1.82, 2.24) is 15.0 Å². The molecule has 0 bridgehead atoms. The van der Waals surface area contributed by atoms with Gasteiger partial charge in [0.25, 0.3) is 0 Å². The molecule has 1 aliphatic carbocycles. The Kier molecular flexibility index (Phi) is 5.56. The van der Waals surface area contributed by atoms with Gasteiger partial charge in [0.2, 0.25) is 0 Å². The molecule has 0 amide bonds. The van der Waals surface area contributed by atoms with Crippen LogP contribution in [0.4, 0.5) is 0 Å². The Morgan fingerprint density at radius 3 is 2.00 bits per heavy atom. The first-order valence-corrected chi connectivity index (χ1v) is 14.8. The smallest absolute Gasteiger partial charge is 0.163 e. The molecule has 0 N–H and O–H groups in total. The van der Waals surface area contributed by atoms with Crippen LogP contribution in [0.5, 0.6) is 0 Å². The molecule has 1 atom stereocenters. The molecule has 0 saturated carbocycles. The Bertz CT molecular complexity index is 2430. The Hall–Kier alpha value is -5.81. The molecule has 1 aliphatic rings. The van der Waals surface area contributed by atoms with E-state index < -0.39 is 0 Å². The van der Waals surface area contributed by atoms with Gasteiger partial charge in [-0.25, -0.2) is 15.0 Å². The van der Waals surface area contributed by atoms with E-state index in [2.05, 4.69) is 78.9 Å². The van der Waals surface area contributed by atoms with E-state index in [-0.39, 0.29) is 5.92 Å². The van der Waals surface area contributed by atoms with Crippen molar-refractivity contribution < 1.29 is 8.83 Å². The molecule has 5 aromatic carbocycles. The lowest BCUT2D eigenvalue weighted by atomic mass is 9.98. The highest BCUT2D eigenvalue weighted by Crippen LogP contribution is 2.37. The predicted molar refractivity (Wildman–Crippen MR) is 176 cm³/mol. The van der Waals surface area contributed by atoms with Crippen LogP contribution in [0.25, 0.3) is 77.8 Å². The lowest BCUT2D eigenvalue weighted by Gasteiger charge is -2.14. The molecule has 0 spiro atoms. The lowest BCUT2D eigenvalue weighted by molar-refractivity contribution is 0.668. The van der Waals surface area contributed by atoms with Gasteiger partial charge in [-0.15, -0.1) is 0 Å². The quantitative estimate of drug-likeness (QED) is 0.212. The van der Waals surface area contributed by atoms with Gasteiger partial charge >= 0.3 is 0 Å². The van der Waals surface area contributed by atoms with Gasteiger partial charge in [-0.1, -0.05) is 97.1 Å². The average molecular weight is 568 g/mol. The second kappa shape index (κ2) is 9.89. The number of para-hydroxylation sites is 2. The Morgan fingerprint density at radius 2 is 1.18 bits per heavy atom. The summed E-state index contributed by atoms with van der Waals surface area (Å²) in [6.07, 6.45) is 9.31. The summed E-state index contributed by atoms with van der Waals surface area (Å²) in [5.41, 5.74) is 7.61. The minimum absolute atomic E-state index is 0.0882. The maximum atomic E-state index is 6.14. The third-order valence-electron chi connectivity index (χ3n) is 8.46. The fourth-order valence-electron chi connectivity index (χ4n) is 6.27. The van der Waals surface area contributed by atoms with Crippen LogP contribution < -0.4 is 0 Å². The molecule has 3 aromatic heterocycles. The molecule has 3 heterocycles. The van der Waals surface area contributed by atoms with E-state index in [1.165, 1.54) is 0 Å². The van der Waals surface area contributed by atoms with Crippen molar-refractivity contribution in [3.05, 3.63) is 139 Å². The van der Waals surface area contributed by atoms with Crippen molar-refractivity contribution in [2.75, 3.05) is 0 Å². The first kappa shape index (κ1) is 24.8. The molecule has 0 aliphatic heterocycles. The second-order valence-electron chi connectivity index (χ2n) is 11.2. The summed E-state index contributed by atoms with van der Waals surface area (Å²) in [4.78, 5) is 15.0. The summed E-state index contributed by atoms with van der Waals surface area (Å²) < 4.78 is 12.2. The van der Waals surface area contributed by atoms with E-state index in [0.717, 1.165) is 78.4 Å². The van der Waals surface area contributed by atoms with Crippen LogP contribution in [0.2, 0.25) is 0 Å². The summed E-state index contributed by atoms with van der Waals surface area (Å²) in [7, 11) is 0. The fourth-order valence-corrected chi connectivity index (χ4v) is 6.27. The zero-order valence-electron chi connectivity index (χ0n) is 23.6. The van der Waals surface area contributed by atoms with Crippen molar-refractivity contribution >= 4 is 43.9 Å². The van der Waals surface area contributed by atoms with E-state index in [9.17, 15) is 0 Å². The van der Waals surface area contributed by atoms with Crippen LogP contribution in [0, 0.1) is 0 Å². The van der Waals surface area contributed by atoms with Gasteiger partial charge in [-0.05, 0) is 53.9 Å². The van der Waals surface area contributed by atoms with Gasteiger partial charge in [-0.2, -0.15) is 0 Å². The summed E-state index contributed by atoms with van der Waals surface area (Å²) >= 11 is 0. The lowest BCUT2D eigenvalue weighted by Crippen LogP contribution is -2.07. The maximum Gasteiger partial charge on any atom is 0.163 e. The summed E-state index contributed by atoms with van der Waals surface area (Å²) in [5.74, 6) is 2.16. The molecular formula is C39H25N3O2. The predicted octanol–water partition coefficient (Wildman–Crippen LogP) is 10.3. The first-order chi connectivity index (χ1) is 21.8. The molecule has 0 saturated heterocycles. The van der Waals surface area contributed by atoms with Gasteiger partial charge in [0.1, 0.15) is 28.2 Å². The van der Waals surface area contributed by atoms with E-state index in [1.54, 1.807) is 0 Å². The average Bonchev–Trinajstić information content (AvgIpc) is 3.67. The number of allylic oxidation sites excluding steroid dienone is 4. The largest absolute Gasteiger partial charge is 0.456 e. The Balaban J connectivity index is 1.16. The molecule has 0 radical (unpaired) electrons. The zero-order chi connectivity index (χ0) is 29.0. The number of furan rings is 2. The van der Waals surface area contributed by atoms with Crippen molar-refractivity contribution in [3.8, 4) is 33.9 Å². The molecule has 5 heteroatoms. The van der Waals surface area contributed by atoms with Crippen LogP contribution in [0.15, 0.2) is 142 Å². The van der Waals surface area contributed by atoms with Gasteiger partial charge in [-0.3, -0.25) is 0 Å². The number of hydrogen-bond acceptors (Lipinski definition) is 5. The molecule has 1 unspecified atom stereocenters. The minimum Gasteiger partial charge on any atom is -0.456 e. The highest BCUT2D eigenvalue weighted by Gasteiger charge is 2.19. The van der Waals surface area contributed by atoms with Crippen LogP contribution in [-0.4, -0.2) is 15.0 Å². The first-order valence-electron chi connectivity index (χ1n) is 14.8. The van der Waals surface area contributed by atoms with Crippen molar-refractivity contribution in [2.45, 2.75) is 12.3 Å².